The van der Waals surface area contributed by atoms with Crippen LogP contribution < -0.4 is 20.1 Å². The van der Waals surface area contributed by atoms with Crippen LogP contribution in [0.3, 0.4) is 0 Å². The summed E-state index contributed by atoms with van der Waals surface area (Å²) in [6, 6.07) is 6.19. The molecule has 1 heterocycles. The van der Waals surface area contributed by atoms with Gasteiger partial charge in [0.15, 0.2) is 11.5 Å². The van der Waals surface area contributed by atoms with Crippen molar-refractivity contribution < 1.29 is 14.3 Å². The van der Waals surface area contributed by atoms with E-state index in [0.717, 1.165) is 24.9 Å². The number of carbonyl (C=O) groups is 1. The molecule has 6 heteroatoms. The van der Waals surface area contributed by atoms with E-state index in [4.69, 9.17) is 9.47 Å². The van der Waals surface area contributed by atoms with E-state index in [1.54, 1.807) is 14.2 Å². The zero-order valence-corrected chi connectivity index (χ0v) is 15.6. The quantitative estimate of drug-likeness (QED) is 0.627. The first-order valence-electron chi connectivity index (χ1n) is 8.47. The van der Waals surface area contributed by atoms with Crippen molar-refractivity contribution in [2.75, 3.05) is 27.3 Å². The fourth-order valence-electron chi connectivity index (χ4n) is 3.09. The lowest BCUT2D eigenvalue weighted by molar-refractivity contribution is -0.121. The van der Waals surface area contributed by atoms with E-state index < -0.39 is 0 Å². The van der Waals surface area contributed by atoms with E-state index in [1.165, 1.54) is 6.42 Å². The molecule has 3 unspecified atom stereocenters. The maximum absolute atomic E-state index is 12.3. The number of hydrogen-bond acceptors (Lipinski definition) is 5. The second-order valence-electron chi connectivity index (χ2n) is 6.24. The lowest BCUT2D eigenvalue weighted by Crippen LogP contribution is -2.42. The molecule has 1 amide bonds. The number of benzene rings is 1. The number of thiol groups is 1. The maximum Gasteiger partial charge on any atom is 0.233 e. The summed E-state index contributed by atoms with van der Waals surface area (Å²) >= 11 is 4.52. The standard InChI is InChI=1S/C18H28N2O3S/c1-12(14-5-4-9-19-14)17(24)18(21)20-10-8-13-6-7-15(22-2)16(11-13)23-3/h6-7,11-12,14,17,19,24H,4-5,8-10H2,1-3H3,(H,20,21). The van der Waals surface area contributed by atoms with Gasteiger partial charge < -0.3 is 20.1 Å². The van der Waals surface area contributed by atoms with Crippen LogP contribution in [0.2, 0.25) is 0 Å². The molecule has 0 saturated carbocycles. The smallest absolute Gasteiger partial charge is 0.233 e. The highest BCUT2D eigenvalue weighted by molar-refractivity contribution is 7.81. The molecule has 1 aliphatic rings. The predicted molar refractivity (Wildman–Crippen MR) is 99.2 cm³/mol. The lowest BCUT2D eigenvalue weighted by atomic mass is 9.96. The number of hydrogen-bond donors (Lipinski definition) is 3. The molecule has 1 aromatic carbocycles. The lowest BCUT2D eigenvalue weighted by Gasteiger charge is -2.24. The van der Waals surface area contributed by atoms with Gasteiger partial charge in [-0.25, -0.2) is 0 Å². The Morgan fingerprint density at radius 2 is 2.12 bits per heavy atom. The highest BCUT2D eigenvalue weighted by atomic mass is 32.1. The minimum Gasteiger partial charge on any atom is -0.493 e. The van der Waals surface area contributed by atoms with Crippen LogP contribution in [-0.4, -0.2) is 44.5 Å². The number of methoxy groups -OCH3 is 2. The van der Waals surface area contributed by atoms with Crippen molar-refractivity contribution in [3.63, 3.8) is 0 Å². The van der Waals surface area contributed by atoms with Crippen LogP contribution in [0.1, 0.15) is 25.3 Å². The van der Waals surface area contributed by atoms with Crippen LogP contribution in [0.25, 0.3) is 0 Å². The van der Waals surface area contributed by atoms with Gasteiger partial charge in [-0.3, -0.25) is 4.79 Å². The van der Waals surface area contributed by atoms with Crippen molar-refractivity contribution in [1.82, 2.24) is 10.6 Å². The van der Waals surface area contributed by atoms with Crippen molar-refractivity contribution in [3.05, 3.63) is 23.8 Å². The number of ether oxygens (including phenoxy) is 2. The first kappa shape index (κ1) is 18.9. The molecule has 1 aliphatic heterocycles. The molecular formula is C18H28N2O3S. The Morgan fingerprint density at radius 3 is 2.75 bits per heavy atom. The maximum atomic E-state index is 12.3. The number of nitrogens with one attached hydrogen (secondary N) is 2. The second-order valence-corrected chi connectivity index (χ2v) is 6.79. The van der Waals surface area contributed by atoms with E-state index in [2.05, 4.69) is 30.2 Å². The van der Waals surface area contributed by atoms with Gasteiger partial charge in [0.1, 0.15) is 0 Å². The first-order chi connectivity index (χ1) is 11.6. The molecule has 5 nitrogen and oxygen atoms in total. The van der Waals surface area contributed by atoms with Crippen molar-refractivity contribution >= 4 is 18.5 Å². The summed E-state index contributed by atoms with van der Waals surface area (Å²) in [5, 5.41) is 6.14. The fourth-order valence-corrected chi connectivity index (χ4v) is 3.39. The minimum atomic E-state index is -0.286. The number of rotatable bonds is 8. The highest BCUT2D eigenvalue weighted by Crippen LogP contribution is 2.27. The average molecular weight is 353 g/mol. The zero-order valence-electron chi connectivity index (χ0n) is 14.7. The topological polar surface area (TPSA) is 59.6 Å². The van der Waals surface area contributed by atoms with Gasteiger partial charge in [0, 0.05) is 12.6 Å². The molecular weight excluding hydrogens is 324 g/mol. The van der Waals surface area contributed by atoms with Crippen LogP contribution in [0.4, 0.5) is 0 Å². The van der Waals surface area contributed by atoms with E-state index in [-0.39, 0.29) is 17.1 Å². The molecule has 0 spiro atoms. The number of amides is 1. The van der Waals surface area contributed by atoms with Gasteiger partial charge in [0.2, 0.25) is 5.91 Å². The Hall–Kier alpha value is -1.40. The van der Waals surface area contributed by atoms with Gasteiger partial charge in [0.25, 0.3) is 0 Å². The molecule has 134 valence electrons. The highest BCUT2D eigenvalue weighted by Gasteiger charge is 2.29. The van der Waals surface area contributed by atoms with Gasteiger partial charge in [-0.05, 0) is 49.4 Å². The Morgan fingerprint density at radius 1 is 1.38 bits per heavy atom. The SMILES string of the molecule is COc1ccc(CCNC(=O)C(S)C(C)C2CCCN2)cc1OC. The van der Waals surface area contributed by atoms with Crippen LogP contribution in [0, 0.1) is 5.92 Å². The van der Waals surface area contributed by atoms with Crippen LogP contribution in [0.15, 0.2) is 18.2 Å². The summed E-state index contributed by atoms with van der Waals surface area (Å²) in [6.07, 6.45) is 3.04. The van der Waals surface area contributed by atoms with Gasteiger partial charge in [-0.15, -0.1) is 0 Å². The first-order valence-corrected chi connectivity index (χ1v) is 8.98. The molecule has 0 aromatic heterocycles. The molecule has 2 rings (SSSR count). The molecule has 1 fully saturated rings. The van der Waals surface area contributed by atoms with E-state index in [9.17, 15) is 4.79 Å². The Bertz CT molecular complexity index is 547. The van der Waals surface area contributed by atoms with E-state index >= 15 is 0 Å². The van der Waals surface area contributed by atoms with Crippen molar-refractivity contribution in [2.45, 2.75) is 37.5 Å². The second kappa shape index (κ2) is 9.18. The average Bonchev–Trinajstić information content (AvgIpc) is 3.14. The summed E-state index contributed by atoms with van der Waals surface area (Å²) in [7, 11) is 3.23. The van der Waals surface area contributed by atoms with Gasteiger partial charge in [-0.1, -0.05) is 13.0 Å². The third kappa shape index (κ3) is 4.80. The third-order valence-electron chi connectivity index (χ3n) is 4.66. The van der Waals surface area contributed by atoms with Gasteiger partial charge in [-0.2, -0.15) is 12.6 Å². The van der Waals surface area contributed by atoms with Gasteiger partial charge in [0.05, 0.1) is 19.5 Å². The van der Waals surface area contributed by atoms with E-state index in [0.29, 0.717) is 24.1 Å². The fraction of sp³-hybridized carbons (Fsp3) is 0.611. The Kier molecular flexibility index (Phi) is 7.24. The summed E-state index contributed by atoms with van der Waals surface area (Å²) in [5.74, 6) is 1.63. The summed E-state index contributed by atoms with van der Waals surface area (Å²) in [6.45, 7) is 3.71. The summed E-state index contributed by atoms with van der Waals surface area (Å²) in [5.41, 5.74) is 1.09. The third-order valence-corrected chi connectivity index (χ3v) is 5.37. The molecule has 1 saturated heterocycles. The summed E-state index contributed by atoms with van der Waals surface area (Å²) < 4.78 is 10.5. The normalized spacial score (nSPS) is 19.6. The molecule has 24 heavy (non-hydrogen) atoms. The molecule has 3 atom stereocenters. The molecule has 1 aromatic rings. The molecule has 0 bridgehead atoms. The van der Waals surface area contributed by atoms with Crippen LogP contribution in [-0.2, 0) is 11.2 Å². The van der Waals surface area contributed by atoms with E-state index in [1.807, 2.05) is 18.2 Å². The Labute approximate surface area is 149 Å². The summed E-state index contributed by atoms with van der Waals surface area (Å²) in [4.78, 5) is 12.3. The predicted octanol–water partition coefficient (Wildman–Crippen LogP) is 2.05. The van der Waals surface area contributed by atoms with Crippen molar-refractivity contribution in [3.8, 4) is 11.5 Å². The Balaban J connectivity index is 1.81. The monoisotopic (exact) mass is 352 g/mol. The van der Waals surface area contributed by atoms with Crippen LogP contribution in [0.5, 0.6) is 11.5 Å². The molecule has 2 N–H and O–H groups in total. The largest absolute Gasteiger partial charge is 0.493 e. The van der Waals surface area contributed by atoms with Crippen molar-refractivity contribution in [2.24, 2.45) is 5.92 Å². The van der Waals surface area contributed by atoms with Crippen LogP contribution >= 0.6 is 12.6 Å². The number of carbonyl (C=O) groups excluding carboxylic acids is 1. The minimum absolute atomic E-state index is 0.00000926. The van der Waals surface area contributed by atoms with Gasteiger partial charge >= 0.3 is 0 Å². The molecule has 0 aliphatic carbocycles. The van der Waals surface area contributed by atoms with Crippen molar-refractivity contribution in [1.29, 1.82) is 0 Å². The molecule has 0 radical (unpaired) electrons. The zero-order chi connectivity index (χ0) is 17.5.